The van der Waals surface area contributed by atoms with E-state index in [1.807, 2.05) is 0 Å². The van der Waals surface area contributed by atoms with E-state index in [4.69, 9.17) is 5.11 Å². The zero-order valence-electron chi connectivity index (χ0n) is 18.4. The van der Waals surface area contributed by atoms with Gasteiger partial charge in [-0.25, -0.2) is 4.68 Å². The van der Waals surface area contributed by atoms with Gasteiger partial charge in [0.1, 0.15) is 17.8 Å². The van der Waals surface area contributed by atoms with Gasteiger partial charge in [0.05, 0.1) is 11.5 Å². The molecule has 0 spiro atoms. The predicted octanol–water partition coefficient (Wildman–Crippen LogP) is 2.51. The Morgan fingerprint density at radius 3 is 2.38 bits per heavy atom. The van der Waals surface area contributed by atoms with Crippen molar-refractivity contribution < 1.29 is 24.7 Å². The Labute approximate surface area is 193 Å². The van der Waals surface area contributed by atoms with Crippen molar-refractivity contribution in [2.75, 3.05) is 6.54 Å². The lowest BCUT2D eigenvalue weighted by atomic mass is 9.99. The number of nitrogens with one attached hydrogen (secondary N) is 1. The van der Waals surface area contributed by atoms with Gasteiger partial charge in [0.25, 0.3) is 17.2 Å². The number of carboxylic acids is 1. The molecule has 0 saturated carbocycles. The number of nitro benzene ring substituents is 1. The lowest BCUT2D eigenvalue weighted by Gasteiger charge is -2.16. The molecule has 0 saturated heterocycles. The summed E-state index contributed by atoms with van der Waals surface area (Å²) in [6.07, 6.45) is 0. The Morgan fingerprint density at radius 1 is 1.15 bits per heavy atom. The zero-order chi connectivity index (χ0) is 25.0. The molecule has 176 valence electrons. The molecule has 0 aliphatic heterocycles. The molecule has 3 aromatic rings. The monoisotopic (exact) mass is 466 g/mol. The third-order valence-electron chi connectivity index (χ3n) is 5.06. The first-order valence-corrected chi connectivity index (χ1v) is 10.3. The van der Waals surface area contributed by atoms with Gasteiger partial charge in [-0.2, -0.15) is 5.10 Å². The standard InChI is InChI=1S/C23H22N4O7/c1-13(2)20-21(30)19(22(31)24-11-18(28)29)23(32)26(25-20)12-15-5-3-4-6-17(15)14-7-9-16(10-8-14)27(33)34/h3-10,13,30H,11-12H2,1-2H3,(H,24,31)(H,28,29). The summed E-state index contributed by atoms with van der Waals surface area (Å²) in [7, 11) is 0. The van der Waals surface area contributed by atoms with Gasteiger partial charge < -0.3 is 15.5 Å². The molecule has 0 aliphatic rings. The number of amides is 1. The first-order chi connectivity index (χ1) is 16.1. The van der Waals surface area contributed by atoms with Gasteiger partial charge in [0.15, 0.2) is 5.75 Å². The molecular weight excluding hydrogens is 444 g/mol. The second-order valence-corrected chi connectivity index (χ2v) is 7.76. The van der Waals surface area contributed by atoms with Crippen LogP contribution in [0.2, 0.25) is 0 Å². The summed E-state index contributed by atoms with van der Waals surface area (Å²) in [6.45, 7) is 2.66. The van der Waals surface area contributed by atoms with Crippen LogP contribution >= 0.6 is 0 Å². The van der Waals surface area contributed by atoms with Crippen molar-refractivity contribution in [1.82, 2.24) is 15.1 Å². The zero-order valence-corrected chi connectivity index (χ0v) is 18.4. The highest BCUT2D eigenvalue weighted by Gasteiger charge is 2.25. The van der Waals surface area contributed by atoms with Crippen LogP contribution in [0.15, 0.2) is 53.3 Å². The maximum atomic E-state index is 13.1. The van der Waals surface area contributed by atoms with Crippen LogP contribution in [0.25, 0.3) is 11.1 Å². The SMILES string of the molecule is CC(C)c1nn(Cc2ccccc2-c2ccc([N+](=O)[O-])cc2)c(=O)c(C(=O)NCC(=O)O)c1O. The summed E-state index contributed by atoms with van der Waals surface area (Å²) < 4.78 is 1.04. The van der Waals surface area contributed by atoms with E-state index < -0.39 is 40.2 Å². The van der Waals surface area contributed by atoms with Crippen LogP contribution in [0.5, 0.6) is 5.75 Å². The molecule has 0 aliphatic carbocycles. The van der Waals surface area contributed by atoms with Crippen molar-refractivity contribution in [2.24, 2.45) is 0 Å². The summed E-state index contributed by atoms with van der Waals surface area (Å²) in [4.78, 5) is 46.9. The van der Waals surface area contributed by atoms with E-state index in [1.165, 1.54) is 12.1 Å². The Kier molecular flexibility index (Phi) is 7.05. The number of aromatic hydroxyl groups is 1. The van der Waals surface area contributed by atoms with E-state index in [1.54, 1.807) is 50.2 Å². The van der Waals surface area contributed by atoms with E-state index in [9.17, 15) is 29.6 Å². The Morgan fingerprint density at radius 2 is 1.79 bits per heavy atom. The fraction of sp³-hybridized carbons (Fsp3) is 0.217. The van der Waals surface area contributed by atoms with Crippen molar-refractivity contribution >= 4 is 17.6 Å². The molecule has 3 rings (SSSR count). The van der Waals surface area contributed by atoms with Crippen molar-refractivity contribution in [3.8, 4) is 16.9 Å². The van der Waals surface area contributed by atoms with Gasteiger partial charge in [0, 0.05) is 18.1 Å². The van der Waals surface area contributed by atoms with Crippen LogP contribution in [0.1, 0.15) is 41.4 Å². The van der Waals surface area contributed by atoms with Crippen LogP contribution in [0, 0.1) is 10.1 Å². The molecule has 1 aromatic heterocycles. The number of carbonyl (C=O) groups is 2. The number of nitrogens with zero attached hydrogens (tertiary/aromatic N) is 3. The van der Waals surface area contributed by atoms with Crippen molar-refractivity contribution in [2.45, 2.75) is 26.3 Å². The van der Waals surface area contributed by atoms with Crippen LogP contribution in [0.4, 0.5) is 5.69 Å². The second-order valence-electron chi connectivity index (χ2n) is 7.76. The fourth-order valence-electron chi connectivity index (χ4n) is 3.39. The predicted molar refractivity (Wildman–Crippen MR) is 122 cm³/mol. The lowest BCUT2D eigenvalue weighted by molar-refractivity contribution is -0.384. The number of non-ortho nitro benzene ring substituents is 1. The highest BCUT2D eigenvalue weighted by Crippen LogP contribution is 2.28. The van der Waals surface area contributed by atoms with Crippen LogP contribution < -0.4 is 10.9 Å². The van der Waals surface area contributed by atoms with E-state index >= 15 is 0 Å². The first-order valence-electron chi connectivity index (χ1n) is 10.3. The molecule has 34 heavy (non-hydrogen) atoms. The largest absolute Gasteiger partial charge is 0.505 e. The number of aromatic nitrogens is 2. The van der Waals surface area contributed by atoms with Crippen molar-refractivity contribution in [3.05, 3.63) is 85.8 Å². The van der Waals surface area contributed by atoms with Gasteiger partial charge in [-0.05, 0) is 28.8 Å². The first kappa shape index (κ1) is 24.1. The summed E-state index contributed by atoms with van der Waals surface area (Å²) in [5.41, 5.74) is 0.585. The number of rotatable bonds is 8. The van der Waals surface area contributed by atoms with Crippen LogP contribution in [0.3, 0.4) is 0 Å². The summed E-state index contributed by atoms with van der Waals surface area (Å²) >= 11 is 0. The number of carbonyl (C=O) groups excluding carboxylic acids is 1. The number of nitro groups is 1. The molecule has 11 heteroatoms. The van der Waals surface area contributed by atoms with E-state index in [2.05, 4.69) is 10.4 Å². The normalized spacial score (nSPS) is 10.8. The molecule has 0 atom stereocenters. The second kappa shape index (κ2) is 9.94. The van der Waals surface area contributed by atoms with Crippen LogP contribution in [-0.2, 0) is 11.3 Å². The van der Waals surface area contributed by atoms with E-state index in [0.29, 0.717) is 16.7 Å². The number of aliphatic carboxylic acids is 1. The smallest absolute Gasteiger partial charge is 0.322 e. The Hall–Kier alpha value is -4.54. The number of hydrogen-bond acceptors (Lipinski definition) is 7. The Balaban J connectivity index is 2.08. The molecular formula is C23H22N4O7. The summed E-state index contributed by atoms with van der Waals surface area (Å²) in [5, 5.41) is 36.6. The van der Waals surface area contributed by atoms with Crippen molar-refractivity contribution in [3.63, 3.8) is 0 Å². The highest BCUT2D eigenvalue weighted by atomic mass is 16.6. The maximum absolute atomic E-state index is 13.1. The van der Waals surface area contributed by atoms with Gasteiger partial charge in [-0.3, -0.25) is 24.5 Å². The third-order valence-corrected chi connectivity index (χ3v) is 5.06. The number of carboxylic acid groups (broad SMARTS) is 1. The lowest BCUT2D eigenvalue weighted by Crippen LogP contribution is -2.37. The van der Waals surface area contributed by atoms with Gasteiger partial charge >= 0.3 is 5.97 Å². The average Bonchev–Trinajstić information content (AvgIpc) is 2.79. The maximum Gasteiger partial charge on any atom is 0.322 e. The van der Waals surface area contributed by atoms with E-state index in [0.717, 1.165) is 4.68 Å². The van der Waals surface area contributed by atoms with Gasteiger partial charge in [-0.1, -0.05) is 38.1 Å². The molecule has 0 bridgehead atoms. The van der Waals surface area contributed by atoms with Gasteiger partial charge in [-0.15, -0.1) is 0 Å². The third kappa shape index (κ3) is 5.09. The molecule has 3 N–H and O–H groups in total. The van der Waals surface area contributed by atoms with E-state index in [-0.39, 0.29) is 23.8 Å². The molecule has 0 radical (unpaired) electrons. The minimum Gasteiger partial charge on any atom is -0.505 e. The molecule has 11 nitrogen and oxygen atoms in total. The minimum absolute atomic E-state index is 0.0590. The number of hydrogen-bond donors (Lipinski definition) is 3. The molecule has 1 amide bonds. The minimum atomic E-state index is -1.30. The highest BCUT2D eigenvalue weighted by molar-refractivity contribution is 5.98. The molecule has 0 fully saturated rings. The average molecular weight is 466 g/mol. The van der Waals surface area contributed by atoms with Crippen LogP contribution in [-0.4, -0.2) is 43.3 Å². The topological polar surface area (TPSA) is 165 Å². The van der Waals surface area contributed by atoms with Crippen molar-refractivity contribution in [1.29, 1.82) is 0 Å². The van der Waals surface area contributed by atoms with Gasteiger partial charge in [0.2, 0.25) is 0 Å². The molecule has 1 heterocycles. The molecule has 0 unspecified atom stereocenters. The fourth-order valence-corrected chi connectivity index (χ4v) is 3.39. The quantitative estimate of drug-likeness (QED) is 0.336. The number of benzene rings is 2. The molecule has 2 aromatic carbocycles. The summed E-state index contributed by atoms with van der Waals surface area (Å²) in [6, 6.07) is 13.0. The Bertz CT molecular complexity index is 1310. The summed E-state index contributed by atoms with van der Waals surface area (Å²) in [5.74, 6) is -3.26.